The van der Waals surface area contributed by atoms with Gasteiger partial charge in [0, 0.05) is 23.5 Å². The van der Waals surface area contributed by atoms with Gasteiger partial charge in [-0.3, -0.25) is 4.79 Å². The molecular weight excluding hydrogens is 326 g/mol. The second kappa shape index (κ2) is 6.09. The smallest absolute Gasteiger partial charge is 0.189 e. The maximum Gasteiger partial charge on any atom is 0.189 e. The van der Waals surface area contributed by atoms with E-state index < -0.39 is 0 Å². The van der Waals surface area contributed by atoms with Crippen LogP contribution >= 0.6 is 23.1 Å². The SMILES string of the molecule is Cn1cccc1C(=O)CSc1ncnc2sc3c(c12)CCCC3. The fourth-order valence-electron chi connectivity index (χ4n) is 3.13. The van der Waals surface area contributed by atoms with Gasteiger partial charge < -0.3 is 4.57 Å². The topological polar surface area (TPSA) is 47.8 Å². The van der Waals surface area contributed by atoms with E-state index in [9.17, 15) is 4.79 Å². The van der Waals surface area contributed by atoms with E-state index in [1.54, 1.807) is 17.7 Å². The Balaban J connectivity index is 1.63. The van der Waals surface area contributed by atoms with Crippen molar-refractivity contribution < 1.29 is 4.79 Å². The predicted octanol–water partition coefficient (Wildman–Crippen LogP) is 3.88. The number of carbonyl (C=O) groups is 1. The monoisotopic (exact) mass is 343 g/mol. The number of nitrogens with zero attached hydrogens (tertiary/aromatic N) is 3. The minimum absolute atomic E-state index is 0.137. The summed E-state index contributed by atoms with van der Waals surface area (Å²) in [6.07, 6.45) is 8.29. The number of Topliss-reactive ketones (excluding diaryl/α,β-unsaturated/α-hetero) is 1. The Labute approximate surface area is 143 Å². The lowest BCUT2D eigenvalue weighted by molar-refractivity contribution is 0.101. The van der Waals surface area contributed by atoms with Gasteiger partial charge in [-0.1, -0.05) is 11.8 Å². The number of rotatable bonds is 4. The fourth-order valence-corrected chi connectivity index (χ4v) is 5.32. The lowest BCUT2D eigenvalue weighted by Gasteiger charge is -2.11. The van der Waals surface area contributed by atoms with E-state index in [0.29, 0.717) is 5.75 Å². The lowest BCUT2D eigenvalue weighted by atomic mass is 9.97. The van der Waals surface area contributed by atoms with Crippen LogP contribution in [-0.2, 0) is 19.9 Å². The van der Waals surface area contributed by atoms with Crippen molar-refractivity contribution in [3.05, 3.63) is 40.8 Å². The number of fused-ring (bicyclic) bond motifs is 3. The van der Waals surface area contributed by atoms with E-state index in [4.69, 9.17) is 0 Å². The number of ketones is 1. The molecular formula is C17H17N3OS2. The van der Waals surface area contributed by atoms with Crippen molar-refractivity contribution in [2.24, 2.45) is 7.05 Å². The average Bonchev–Trinajstić information content (AvgIpc) is 3.16. The molecule has 6 heteroatoms. The van der Waals surface area contributed by atoms with Crippen LogP contribution in [0.3, 0.4) is 0 Å². The summed E-state index contributed by atoms with van der Waals surface area (Å²) < 4.78 is 1.87. The first-order chi connectivity index (χ1) is 11.2. The van der Waals surface area contributed by atoms with Gasteiger partial charge >= 0.3 is 0 Å². The maximum atomic E-state index is 12.4. The Hall–Kier alpha value is -1.66. The molecule has 4 nitrogen and oxygen atoms in total. The van der Waals surface area contributed by atoms with Crippen molar-refractivity contribution >= 4 is 39.1 Å². The first-order valence-corrected chi connectivity index (χ1v) is 9.57. The molecule has 0 spiro atoms. The Bertz CT molecular complexity index is 881. The van der Waals surface area contributed by atoms with Crippen LogP contribution in [0, 0.1) is 0 Å². The number of thioether (sulfide) groups is 1. The van der Waals surface area contributed by atoms with E-state index >= 15 is 0 Å². The molecule has 0 radical (unpaired) electrons. The highest BCUT2D eigenvalue weighted by Gasteiger charge is 2.20. The Morgan fingerprint density at radius 3 is 3.04 bits per heavy atom. The van der Waals surface area contributed by atoms with Crippen LogP contribution < -0.4 is 0 Å². The molecule has 0 fully saturated rings. The van der Waals surface area contributed by atoms with E-state index in [1.165, 1.54) is 40.4 Å². The van der Waals surface area contributed by atoms with Gasteiger partial charge in [-0.2, -0.15) is 0 Å². The molecule has 0 atom stereocenters. The minimum atomic E-state index is 0.137. The van der Waals surface area contributed by atoms with Gasteiger partial charge in [-0.05, 0) is 43.4 Å². The molecule has 1 aliphatic carbocycles. The third-order valence-electron chi connectivity index (χ3n) is 4.29. The Morgan fingerprint density at radius 2 is 2.22 bits per heavy atom. The Morgan fingerprint density at radius 1 is 1.35 bits per heavy atom. The van der Waals surface area contributed by atoms with Crippen LogP contribution in [0.4, 0.5) is 0 Å². The summed E-state index contributed by atoms with van der Waals surface area (Å²) in [6.45, 7) is 0. The first-order valence-electron chi connectivity index (χ1n) is 7.76. The average molecular weight is 343 g/mol. The van der Waals surface area contributed by atoms with Crippen molar-refractivity contribution in [3.8, 4) is 0 Å². The van der Waals surface area contributed by atoms with Crippen molar-refractivity contribution in [1.29, 1.82) is 0 Å². The van der Waals surface area contributed by atoms with Gasteiger partial charge in [-0.15, -0.1) is 11.3 Å². The van der Waals surface area contributed by atoms with Gasteiger partial charge in [0.2, 0.25) is 0 Å². The van der Waals surface area contributed by atoms with Crippen LogP contribution in [0.5, 0.6) is 0 Å². The number of hydrogen-bond donors (Lipinski definition) is 0. The van der Waals surface area contributed by atoms with Crippen molar-refractivity contribution in [3.63, 3.8) is 0 Å². The molecule has 3 aromatic heterocycles. The van der Waals surface area contributed by atoms with E-state index in [1.807, 2.05) is 29.9 Å². The van der Waals surface area contributed by atoms with E-state index in [-0.39, 0.29) is 5.78 Å². The van der Waals surface area contributed by atoms with Crippen molar-refractivity contribution in [1.82, 2.24) is 14.5 Å². The van der Waals surface area contributed by atoms with Crippen LogP contribution in [0.1, 0.15) is 33.8 Å². The van der Waals surface area contributed by atoms with Crippen molar-refractivity contribution in [2.45, 2.75) is 30.7 Å². The number of aromatic nitrogens is 3. The van der Waals surface area contributed by atoms with Crippen LogP contribution in [0.25, 0.3) is 10.2 Å². The van der Waals surface area contributed by atoms with Crippen molar-refractivity contribution in [2.75, 3.05) is 5.75 Å². The number of thiophene rings is 1. The third-order valence-corrected chi connectivity index (χ3v) is 6.48. The van der Waals surface area contributed by atoms with Gasteiger partial charge in [0.1, 0.15) is 16.2 Å². The normalized spacial score (nSPS) is 14.1. The first kappa shape index (κ1) is 14.9. The predicted molar refractivity (Wildman–Crippen MR) is 94.5 cm³/mol. The highest BCUT2D eigenvalue weighted by molar-refractivity contribution is 8.00. The van der Waals surface area contributed by atoms with E-state index in [2.05, 4.69) is 9.97 Å². The highest BCUT2D eigenvalue weighted by atomic mass is 32.2. The largest absolute Gasteiger partial charge is 0.348 e. The summed E-state index contributed by atoms with van der Waals surface area (Å²) in [5.41, 5.74) is 2.17. The molecule has 0 N–H and O–H groups in total. The number of aryl methyl sites for hydroxylation is 3. The molecule has 1 aliphatic rings. The summed E-state index contributed by atoms with van der Waals surface area (Å²) in [5, 5.41) is 2.15. The van der Waals surface area contributed by atoms with Crippen LogP contribution in [0.2, 0.25) is 0 Å². The lowest BCUT2D eigenvalue weighted by Crippen LogP contribution is -2.08. The van der Waals surface area contributed by atoms with Gasteiger partial charge in [0.05, 0.1) is 11.4 Å². The summed E-state index contributed by atoms with van der Waals surface area (Å²) in [4.78, 5) is 23.8. The summed E-state index contributed by atoms with van der Waals surface area (Å²) >= 11 is 3.33. The molecule has 3 aromatic rings. The molecule has 0 saturated heterocycles. The molecule has 0 aromatic carbocycles. The summed E-state index contributed by atoms with van der Waals surface area (Å²) in [5.74, 6) is 0.549. The van der Waals surface area contributed by atoms with Gasteiger partial charge in [0.25, 0.3) is 0 Å². The highest BCUT2D eigenvalue weighted by Crippen LogP contribution is 2.39. The molecule has 118 valence electrons. The zero-order chi connectivity index (χ0) is 15.8. The molecule has 3 heterocycles. The van der Waals surface area contributed by atoms with Gasteiger partial charge in [0.15, 0.2) is 5.78 Å². The summed E-state index contributed by atoms with van der Waals surface area (Å²) in [7, 11) is 1.90. The summed E-state index contributed by atoms with van der Waals surface area (Å²) in [6, 6.07) is 3.76. The second-order valence-corrected chi connectivity index (χ2v) is 7.83. The van der Waals surface area contributed by atoms with Crippen LogP contribution in [0.15, 0.2) is 29.7 Å². The molecule has 0 amide bonds. The maximum absolute atomic E-state index is 12.4. The quantitative estimate of drug-likeness (QED) is 0.410. The Kier molecular flexibility index (Phi) is 3.95. The molecule has 4 rings (SSSR count). The number of carbonyl (C=O) groups excluding carboxylic acids is 1. The zero-order valence-corrected chi connectivity index (χ0v) is 14.5. The second-order valence-electron chi connectivity index (χ2n) is 5.79. The molecule has 23 heavy (non-hydrogen) atoms. The van der Waals surface area contributed by atoms with E-state index in [0.717, 1.165) is 28.4 Å². The fraction of sp³-hybridized carbons (Fsp3) is 0.353. The third kappa shape index (κ3) is 2.70. The molecule has 0 saturated carbocycles. The molecule has 0 aliphatic heterocycles. The van der Waals surface area contributed by atoms with Gasteiger partial charge in [-0.25, -0.2) is 9.97 Å². The molecule has 0 unspecified atom stereocenters. The minimum Gasteiger partial charge on any atom is -0.348 e. The standard InChI is InChI=1S/C17H17N3OS2/c1-20-8-4-6-12(20)13(21)9-22-16-15-11-5-2-3-7-14(11)23-17(15)19-10-18-16/h4,6,8,10H,2-3,5,7,9H2,1H3. The zero-order valence-electron chi connectivity index (χ0n) is 12.9. The van der Waals surface area contributed by atoms with Crippen LogP contribution in [-0.4, -0.2) is 26.1 Å². The number of hydrogen-bond acceptors (Lipinski definition) is 5. The molecule has 0 bridgehead atoms.